The Balaban J connectivity index is 1.31. The first-order valence-electron chi connectivity index (χ1n) is 15.8. The van der Waals surface area contributed by atoms with E-state index in [4.69, 9.17) is 15.0 Å². The van der Waals surface area contributed by atoms with Crippen molar-refractivity contribution in [3.63, 3.8) is 0 Å². The molecule has 3 aliphatic carbocycles. The largest absolute Gasteiger partial charge is 0.481 e. The van der Waals surface area contributed by atoms with Gasteiger partial charge in [-0.2, -0.15) is 0 Å². The Morgan fingerprint density at radius 1 is 1.18 bits per heavy atom. The maximum atomic E-state index is 13.9. The van der Waals surface area contributed by atoms with E-state index in [1.54, 1.807) is 11.5 Å². The zero-order valence-electron chi connectivity index (χ0n) is 26.6. The van der Waals surface area contributed by atoms with Crippen LogP contribution in [0.2, 0.25) is 0 Å². The van der Waals surface area contributed by atoms with E-state index in [0.29, 0.717) is 30.2 Å². The minimum Gasteiger partial charge on any atom is -0.404 e. The first kappa shape index (κ1) is 32.6. The highest BCUT2D eigenvalue weighted by Crippen LogP contribution is 2.65. The Labute approximate surface area is 263 Å². The first-order valence-corrected chi connectivity index (χ1v) is 15.8. The molecule has 1 aromatic heterocycles. The Bertz CT molecular complexity index is 1470. The van der Waals surface area contributed by atoms with Crippen molar-refractivity contribution in [2.24, 2.45) is 33.9 Å². The third-order valence-corrected chi connectivity index (χ3v) is 9.94. The molecule has 6 rings (SSSR count). The van der Waals surface area contributed by atoms with Crippen LogP contribution >= 0.6 is 0 Å². The smallest absolute Gasteiger partial charge is 0.404 e. The number of guanidine groups is 1. The molecule has 1 saturated heterocycles. The fraction of sp³-hybridized carbons (Fsp3) is 0.613. The SMILES string of the molecule is CC(C)C[C@H](NC(=O)[C@H](CCCN=C(N)N[N+](=O)[O-])NC(=O)c1ccc2ccccc2n1)B1O[C@@H]2C[C@H]3C[C@H](C3(C)C)[C@]2(C)O1. The highest BCUT2D eigenvalue weighted by molar-refractivity contribution is 6.48. The normalized spacial score (nSPS) is 26.5. The zero-order valence-corrected chi connectivity index (χ0v) is 26.6. The third-order valence-electron chi connectivity index (χ3n) is 9.94. The molecule has 1 aromatic carbocycles. The number of nitro groups is 1. The van der Waals surface area contributed by atoms with Gasteiger partial charge in [-0.3, -0.25) is 9.59 Å². The number of carbonyl (C=O) groups is 2. The van der Waals surface area contributed by atoms with Crippen LogP contribution in [0.3, 0.4) is 0 Å². The number of hydrogen-bond acceptors (Lipinski definition) is 8. The van der Waals surface area contributed by atoms with Crippen molar-refractivity contribution in [2.75, 3.05) is 6.54 Å². The molecule has 2 heterocycles. The Kier molecular flexibility index (Phi) is 9.36. The Hall–Kier alpha value is -3.78. The summed E-state index contributed by atoms with van der Waals surface area (Å²) in [5, 5.41) is 16.7. The number of hydrogen-bond donors (Lipinski definition) is 4. The van der Waals surface area contributed by atoms with Crippen LogP contribution in [0, 0.1) is 33.3 Å². The number of nitrogens with two attached hydrogens (primary N) is 1. The van der Waals surface area contributed by atoms with Crippen LogP contribution < -0.4 is 21.8 Å². The predicted molar refractivity (Wildman–Crippen MR) is 170 cm³/mol. The number of carbonyl (C=O) groups excluding carboxylic acids is 2. The fourth-order valence-corrected chi connectivity index (χ4v) is 7.42. The number of fused-ring (bicyclic) bond motifs is 1. The molecule has 14 heteroatoms. The number of amides is 2. The molecule has 4 fully saturated rings. The summed E-state index contributed by atoms with van der Waals surface area (Å²) in [6, 6.07) is 9.96. The summed E-state index contributed by atoms with van der Waals surface area (Å²) in [6.45, 7) is 11.0. The second-order valence-corrected chi connectivity index (χ2v) is 13.8. The summed E-state index contributed by atoms with van der Waals surface area (Å²) in [5.74, 6) is -0.426. The number of aliphatic imine (C=N–C) groups is 1. The van der Waals surface area contributed by atoms with Crippen molar-refractivity contribution in [3.8, 4) is 0 Å². The van der Waals surface area contributed by atoms with Gasteiger partial charge in [0.2, 0.25) is 5.91 Å². The van der Waals surface area contributed by atoms with Crippen LogP contribution in [0.4, 0.5) is 0 Å². The van der Waals surface area contributed by atoms with Gasteiger partial charge in [-0.05, 0) is 74.3 Å². The summed E-state index contributed by atoms with van der Waals surface area (Å²) in [6.07, 6.45) is 3.18. The molecule has 0 spiro atoms. The van der Waals surface area contributed by atoms with Crippen molar-refractivity contribution in [1.29, 1.82) is 0 Å². The Morgan fingerprint density at radius 2 is 1.93 bits per heavy atom. The molecule has 2 bridgehead atoms. The minimum atomic E-state index is -0.939. The van der Waals surface area contributed by atoms with Crippen LogP contribution in [0.15, 0.2) is 41.4 Å². The number of benzene rings is 1. The quantitative estimate of drug-likeness (QED) is 0.0691. The maximum absolute atomic E-state index is 13.9. The molecule has 0 unspecified atom stereocenters. The van der Waals surface area contributed by atoms with Gasteiger partial charge in [-0.1, -0.05) is 57.4 Å². The molecule has 1 aliphatic heterocycles. The molecule has 3 saturated carbocycles. The minimum absolute atomic E-state index is 0.0311. The summed E-state index contributed by atoms with van der Waals surface area (Å²) >= 11 is 0. The van der Waals surface area contributed by atoms with Gasteiger partial charge < -0.3 is 25.7 Å². The van der Waals surface area contributed by atoms with Crippen molar-refractivity contribution in [1.82, 2.24) is 21.0 Å². The number of hydrazine groups is 1. The van der Waals surface area contributed by atoms with Crippen LogP contribution in [0.25, 0.3) is 10.9 Å². The lowest BCUT2D eigenvalue weighted by Gasteiger charge is -2.64. The number of nitrogens with one attached hydrogen (secondary N) is 3. The van der Waals surface area contributed by atoms with Gasteiger partial charge >= 0.3 is 7.12 Å². The molecular formula is C31H44BN7O6. The van der Waals surface area contributed by atoms with E-state index < -0.39 is 35.6 Å². The average Bonchev–Trinajstić information content (AvgIpc) is 3.34. The van der Waals surface area contributed by atoms with Crippen LogP contribution in [0.1, 0.15) is 77.2 Å². The molecule has 2 amide bonds. The summed E-state index contributed by atoms with van der Waals surface area (Å²) in [4.78, 5) is 46.3. The van der Waals surface area contributed by atoms with Gasteiger partial charge in [0.1, 0.15) is 11.7 Å². The van der Waals surface area contributed by atoms with Gasteiger partial charge in [0, 0.05) is 11.9 Å². The van der Waals surface area contributed by atoms with E-state index >= 15 is 0 Å². The first-order chi connectivity index (χ1) is 21.3. The lowest BCUT2D eigenvalue weighted by Crippen LogP contribution is -2.65. The lowest BCUT2D eigenvalue weighted by molar-refractivity contribution is -0.525. The van der Waals surface area contributed by atoms with Crippen LogP contribution in [-0.4, -0.2) is 65.1 Å². The molecule has 6 atom stereocenters. The topological polar surface area (TPSA) is 183 Å². The second-order valence-electron chi connectivity index (χ2n) is 13.8. The number of nitrogens with zero attached hydrogens (tertiary/aromatic N) is 3. The third kappa shape index (κ3) is 6.91. The average molecular weight is 622 g/mol. The number of rotatable bonds is 12. The van der Waals surface area contributed by atoms with Crippen molar-refractivity contribution in [3.05, 3.63) is 52.2 Å². The number of pyridine rings is 1. The van der Waals surface area contributed by atoms with Gasteiger partial charge in [-0.25, -0.2) is 20.1 Å². The van der Waals surface area contributed by atoms with Crippen molar-refractivity contribution >= 4 is 35.8 Å². The number of aromatic nitrogens is 1. The predicted octanol–water partition coefficient (Wildman–Crippen LogP) is 3.01. The molecular weight excluding hydrogens is 577 g/mol. The molecule has 13 nitrogen and oxygen atoms in total. The number of para-hydroxylation sites is 1. The molecule has 242 valence electrons. The zero-order chi connectivity index (χ0) is 32.5. The van der Waals surface area contributed by atoms with E-state index in [1.807, 2.05) is 30.3 Å². The van der Waals surface area contributed by atoms with Gasteiger partial charge in [0.15, 0.2) is 5.03 Å². The van der Waals surface area contributed by atoms with Crippen LogP contribution in [0.5, 0.6) is 0 Å². The fourth-order valence-electron chi connectivity index (χ4n) is 7.42. The highest BCUT2D eigenvalue weighted by atomic mass is 16.7. The van der Waals surface area contributed by atoms with E-state index in [1.165, 1.54) is 0 Å². The Morgan fingerprint density at radius 3 is 2.64 bits per heavy atom. The van der Waals surface area contributed by atoms with Gasteiger partial charge in [0.25, 0.3) is 11.9 Å². The van der Waals surface area contributed by atoms with Gasteiger partial charge in [-0.15, -0.1) is 0 Å². The van der Waals surface area contributed by atoms with Crippen LogP contribution in [-0.2, 0) is 14.1 Å². The van der Waals surface area contributed by atoms with E-state index in [2.05, 4.69) is 55.2 Å². The lowest BCUT2D eigenvalue weighted by atomic mass is 9.43. The highest BCUT2D eigenvalue weighted by Gasteiger charge is 2.68. The summed E-state index contributed by atoms with van der Waals surface area (Å²) in [5.41, 5.74) is 7.95. The van der Waals surface area contributed by atoms with E-state index in [0.717, 1.165) is 18.2 Å². The molecule has 2 aromatic rings. The maximum Gasteiger partial charge on any atom is 0.481 e. The summed E-state index contributed by atoms with van der Waals surface area (Å²) in [7, 11) is -0.613. The molecule has 5 N–H and O–H groups in total. The van der Waals surface area contributed by atoms with Gasteiger partial charge in [0.05, 0.1) is 23.2 Å². The van der Waals surface area contributed by atoms with E-state index in [-0.39, 0.29) is 48.0 Å². The standard InChI is InChI=1S/C31H44BN7O6/c1-18(2)15-26(32-44-25-17-20-16-24(30(20,3)4)31(25,5)45-32)37-28(41)22(11-8-14-34-29(33)38-39(42)43)36-27(40)23-13-12-19-9-6-7-10-21(19)35-23/h6-7,9-10,12-13,18,20,22,24-26H,8,11,14-17H2,1-5H3,(H,36,40)(H,37,41)(H3,33,34,38)/t20-,22+,24-,25-,26+,31+/m1/s1. The van der Waals surface area contributed by atoms with E-state index in [9.17, 15) is 19.7 Å². The molecule has 4 aliphatic rings. The van der Waals surface area contributed by atoms with Crippen molar-refractivity contribution in [2.45, 2.75) is 90.4 Å². The monoisotopic (exact) mass is 621 g/mol. The summed E-state index contributed by atoms with van der Waals surface area (Å²) < 4.78 is 13.2. The molecule has 0 radical (unpaired) electrons. The second kappa shape index (κ2) is 12.9. The van der Waals surface area contributed by atoms with Crippen molar-refractivity contribution < 1.29 is 23.9 Å². The molecule has 45 heavy (non-hydrogen) atoms.